The van der Waals surface area contributed by atoms with Crippen molar-refractivity contribution < 1.29 is 0 Å². The van der Waals surface area contributed by atoms with Gasteiger partial charge in [-0.25, -0.2) is 9.97 Å². The van der Waals surface area contributed by atoms with E-state index >= 15 is 0 Å². The van der Waals surface area contributed by atoms with Gasteiger partial charge in [-0.3, -0.25) is 0 Å². The lowest BCUT2D eigenvalue weighted by Crippen LogP contribution is -2.04. The Hall–Kier alpha value is -1.14. The fraction of sp³-hybridized carbons (Fsp3) is 0.273. The molecular formula is C11H13BrN4S. The zero-order chi connectivity index (χ0) is 12.4. The van der Waals surface area contributed by atoms with Crippen molar-refractivity contribution in [2.45, 2.75) is 20.4 Å². The second-order valence-electron chi connectivity index (χ2n) is 3.71. The summed E-state index contributed by atoms with van der Waals surface area (Å²) in [4.78, 5) is 8.64. The molecule has 6 heteroatoms. The SMILES string of the molecule is Cc1nc(CNc2ncc(N)c(C)c2Br)cs1. The molecule has 0 radical (unpaired) electrons. The molecule has 0 fully saturated rings. The van der Waals surface area contributed by atoms with Crippen molar-refractivity contribution in [2.24, 2.45) is 0 Å². The quantitative estimate of drug-likeness (QED) is 0.914. The number of thiazole rings is 1. The fourth-order valence-corrected chi connectivity index (χ4v) is 2.46. The minimum atomic E-state index is 0.666. The molecule has 3 N–H and O–H groups in total. The first-order chi connectivity index (χ1) is 8.08. The van der Waals surface area contributed by atoms with Gasteiger partial charge in [0.25, 0.3) is 0 Å². The average Bonchev–Trinajstić information content (AvgIpc) is 2.71. The largest absolute Gasteiger partial charge is 0.397 e. The van der Waals surface area contributed by atoms with E-state index in [-0.39, 0.29) is 0 Å². The summed E-state index contributed by atoms with van der Waals surface area (Å²) in [5, 5.41) is 6.35. The lowest BCUT2D eigenvalue weighted by Gasteiger charge is -2.09. The van der Waals surface area contributed by atoms with Crippen molar-refractivity contribution in [1.82, 2.24) is 9.97 Å². The van der Waals surface area contributed by atoms with E-state index in [2.05, 4.69) is 31.2 Å². The summed E-state index contributed by atoms with van der Waals surface area (Å²) in [6.45, 7) is 4.62. The molecule has 0 saturated carbocycles. The molecule has 0 aliphatic rings. The summed E-state index contributed by atoms with van der Waals surface area (Å²) in [5.41, 5.74) is 8.48. The van der Waals surface area contributed by atoms with Gasteiger partial charge in [-0.15, -0.1) is 11.3 Å². The molecule has 4 nitrogen and oxygen atoms in total. The number of aromatic nitrogens is 2. The second kappa shape index (κ2) is 5.01. The van der Waals surface area contributed by atoms with Gasteiger partial charge < -0.3 is 11.1 Å². The molecule has 0 atom stereocenters. The summed E-state index contributed by atoms with van der Waals surface area (Å²) in [6, 6.07) is 0. The minimum Gasteiger partial charge on any atom is -0.397 e. The predicted octanol–water partition coefficient (Wildman–Crippen LogP) is 3.11. The van der Waals surface area contributed by atoms with E-state index < -0.39 is 0 Å². The van der Waals surface area contributed by atoms with Gasteiger partial charge >= 0.3 is 0 Å². The fourth-order valence-electron chi connectivity index (χ4n) is 1.38. The van der Waals surface area contributed by atoms with Crippen LogP contribution in [0.5, 0.6) is 0 Å². The highest BCUT2D eigenvalue weighted by Crippen LogP contribution is 2.27. The molecule has 0 spiro atoms. The van der Waals surface area contributed by atoms with E-state index in [1.807, 2.05) is 19.2 Å². The first kappa shape index (κ1) is 12.3. The van der Waals surface area contributed by atoms with Crippen molar-refractivity contribution >= 4 is 38.8 Å². The van der Waals surface area contributed by atoms with E-state index in [1.165, 1.54) is 0 Å². The van der Waals surface area contributed by atoms with Gasteiger partial charge in [0.05, 0.1) is 33.6 Å². The third-order valence-corrected chi connectivity index (χ3v) is 4.20. The van der Waals surface area contributed by atoms with Gasteiger partial charge in [0, 0.05) is 5.38 Å². The van der Waals surface area contributed by atoms with Crippen LogP contribution in [0.2, 0.25) is 0 Å². The van der Waals surface area contributed by atoms with E-state index in [0.29, 0.717) is 12.2 Å². The van der Waals surface area contributed by atoms with Crippen molar-refractivity contribution in [2.75, 3.05) is 11.1 Å². The molecule has 2 rings (SSSR count). The molecule has 2 heterocycles. The molecule has 2 aromatic rings. The number of nitrogens with zero attached hydrogens (tertiary/aromatic N) is 2. The number of rotatable bonds is 3. The molecular weight excluding hydrogens is 300 g/mol. The minimum absolute atomic E-state index is 0.666. The maximum atomic E-state index is 5.77. The number of anilines is 2. The molecule has 0 unspecified atom stereocenters. The van der Waals surface area contributed by atoms with Crippen molar-refractivity contribution in [3.63, 3.8) is 0 Å². The highest BCUT2D eigenvalue weighted by Gasteiger charge is 2.07. The van der Waals surface area contributed by atoms with Crippen molar-refractivity contribution in [3.05, 3.63) is 32.3 Å². The van der Waals surface area contributed by atoms with Crippen LogP contribution in [0.1, 0.15) is 16.3 Å². The topological polar surface area (TPSA) is 63.8 Å². The van der Waals surface area contributed by atoms with E-state index in [4.69, 9.17) is 5.73 Å². The summed E-state index contributed by atoms with van der Waals surface area (Å²) in [7, 11) is 0. The summed E-state index contributed by atoms with van der Waals surface area (Å²) < 4.78 is 0.907. The zero-order valence-corrected chi connectivity index (χ0v) is 12.0. The highest BCUT2D eigenvalue weighted by molar-refractivity contribution is 9.10. The zero-order valence-electron chi connectivity index (χ0n) is 9.62. The Morgan fingerprint density at radius 1 is 1.47 bits per heavy atom. The summed E-state index contributed by atoms with van der Waals surface area (Å²) in [6.07, 6.45) is 1.66. The van der Waals surface area contributed by atoms with Crippen LogP contribution in [0.3, 0.4) is 0 Å². The molecule has 0 aliphatic heterocycles. The number of aryl methyl sites for hydroxylation is 1. The number of nitrogens with one attached hydrogen (secondary N) is 1. The molecule has 2 aromatic heterocycles. The van der Waals surface area contributed by atoms with Gasteiger partial charge in [-0.05, 0) is 35.3 Å². The average molecular weight is 313 g/mol. The second-order valence-corrected chi connectivity index (χ2v) is 5.57. The van der Waals surface area contributed by atoms with Gasteiger partial charge in [0.1, 0.15) is 5.82 Å². The Labute approximate surface area is 112 Å². The Morgan fingerprint density at radius 2 is 2.24 bits per heavy atom. The maximum absolute atomic E-state index is 5.77. The summed E-state index contributed by atoms with van der Waals surface area (Å²) >= 11 is 5.13. The number of halogens is 1. The number of hydrogen-bond acceptors (Lipinski definition) is 5. The van der Waals surface area contributed by atoms with Crippen LogP contribution >= 0.6 is 27.3 Å². The molecule has 0 aliphatic carbocycles. The van der Waals surface area contributed by atoms with E-state index in [1.54, 1.807) is 17.5 Å². The van der Waals surface area contributed by atoms with Crippen LogP contribution < -0.4 is 11.1 Å². The Balaban J connectivity index is 2.12. The van der Waals surface area contributed by atoms with Crippen LogP contribution in [0, 0.1) is 13.8 Å². The molecule has 0 saturated heterocycles. The monoisotopic (exact) mass is 312 g/mol. The Morgan fingerprint density at radius 3 is 2.88 bits per heavy atom. The van der Waals surface area contributed by atoms with E-state index in [9.17, 15) is 0 Å². The van der Waals surface area contributed by atoms with Crippen molar-refractivity contribution in [3.8, 4) is 0 Å². The number of nitrogen functional groups attached to an aromatic ring is 1. The Bertz CT molecular complexity index is 538. The van der Waals surface area contributed by atoms with Gasteiger partial charge in [0.15, 0.2) is 0 Å². The molecule has 90 valence electrons. The lowest BCUT2D eigenvalue weighted by molar-refractivity contribution is 1.03. The third kappa shape index (κ3) is 2.76. The van der Waals surface area contributed by atoms with E-state index in [0.717, 1.165) is 26.6 Å². The van der Waals surface area contributed by atoms with Gasteiger partial charge in [-0.1, -0.05) is 0 Å². The maximum Gasteiger partial charge on any atom is 0.141 e. The molecule has 0 amide bonds. The van der Waals surface area contributed by atoms with Crippen molar-refractivity contribution in [1.29, 1.82) is 0 Å². The highest BCUT2D eigenvalue weighted by atomic mass is 79.9. The smallest absolute Gasteiger partial charge is 0.141 e. The van der Waals surface area contributed by atoms with Gasteiger partial charge in [-0.2, -0.15) is 0 Å². The number of pyridine rings is 1. The molecule has 0 aromatic carbocycles. The van der Waals surface area contributed by atoms with Crippen LogP contribution in [0.15, 0.2) is 16.0 Å². The molecule has 0 bridgehead atoms. The normalized spacial score (nSPS) is 10.5. The standard InChI is InChI=1S/C11H13BrN4S/c1-6-9(13)4-15-11(10(6)12)14-3-8-5-17-7(2)16-8/h4-5H,3,13H2,1-2H3,(H,14,15). The Kier molecular flexibility index (Phi) is 3.63. The first-order valence-corrected chi connectivity index (χ1v) is 6.80. The third-order valence-electron chi connectivity index (χ3n) is 2.41. The lowest BCUT2D eigenvalue weighted by atomic mass is 10.2. The van der Waals surface area contributed by atoms with Crippen LogP contribution in [0.25, 0.3) is 0 Å². The van der Waals surface area contributed by atoms with Gasteiger partial charge in [0.2, 0.25) is 0 Å². The predicted molar refractivity (Wildman–Crippen MR) is 75.3 cm³/mol. The van der Waals surface area contributed by atoms with Crippen LogP contribution in [-0.4, -0.2) is 9.97 Å². The van der Waals surface area contributed by atoms with Crippen LogP contribution in [-0.2, 0) is 6.54 Å². The summed E-state index contributed by atoms with van der Waals surface area (Å²) in [5.74, 6) is 0.794. The number of hydrogen-bond donors (Lipinski definition) is 2. The first-order valence-electron chi connectivity index (χ1n) is 5.13. The number of nitrogens with two attached hydrogens (primary N) is 1. The molecule has 17 heavy (non-hydrogen) atoms. The van der Waals surface area contributed by atoms with Crippen LogP contribution in [0.4, 0.5) is 11.5 Å².